The molecule has 0 N–H and O–H groups in total. The van der Waals surface area contributed by atoms with Gasteiger partial charge < -0.3 is 4.43 Å². The van der Waals surface area contributed by atoms with Crippen molar-refractivity contribution in [3.8, 4) is 0 Å². The summed E-state index contributed by atoms with van der Waals surface area (Å²) in [5, 5.41) is 1.20. The molecule has 1 atom stereocenters. The zero-order chi connectivity index (χ0) is 15.4. The van der Waals surface area contributed by atoms with Gasteiger partial charge in [0.15, 0.2) is 8.32 Å². The average molecular weight is 361 g/mol. The summed E-state index contributed by atoms with van der Waals surface area (Å²) in [4.78, 5) is 0. The maximum absolute atomic E-state index is 6.49. The first-order valence-electron chi connectivity index (χ1n) is 8.06. The molecule has 0 aromatic rings. The summed E-state index contributed by atoms with van der Waals surface area (Å²) in [6.45, 7) is 16.8. The molecule has 1 saturated carbocycles. The zero-order valence-electron chi connectivity index (χ0n) is 14.1. The largest absolute Gasteiger partial charge is 0.416 e. The summed E-state index contributed by atoms with van der Waals surface area (Å²) >= 11 is 3.60. The molecule has 118 valence electrons. The second-order valence-corrected chi connectivity index (χ2v) is 13.2. The minimum Gasteiger partial charge on any atom is -0.416 e. The Bertz CT molecular complexity index is 313. The Morgan fingerprint density at radius 2 is 1.80 bits per heavy atom. The van der Waals surface area contributed by atoms with Crippen LogP contribution in [0.5, 0.6) is 0 Å². The minimum absolute atomic E-state index is 0.292. The van der Waals surface area contributed by atoms with Crippen molar-refractivity contribution in [2.24, 2.45) is 11.8 Å². The zero-order valence-corrected chi connectivity index (χ0v) is 16.7. The van der Waals surface area contributed by atoms with Gasteiger partial charge in [0.05, 0.1) is 0 Å². The van der Waals surface area contributed by atoms with Crippen LogP contribution in [0.4, 0.5) is 0 Å². The lowest BCUT2D eigenvalue weighted by molar-refractivity contribution is 0.175. The molecule has 1 nitrogen and oxygen atoms in total. The molecule has 1 aliphatic carbocycles. The molecule has 0 aromatic carbocycles. The lowest BCUT2D eigenvalue weighted by atomic mass is 9.78. The second kappa shape index (κ2) is 7.60. The molecule has 0 heterocycles. The molecular weight excluding hydrogens is 328 g/mol. The van der Waals surface area contributed by atoms with Crippen molar-refractivity contribution >= 4 is 24.2 Å². The number of alkyl halides is 1. The standard InChI is InChI=1S/C17H33BrOSi/c1-14(12-18)16(15-10-8-7-9-11-15)13-19-20(5,6)17(2,3)4/h15-16H,1,7-13H2,2-6H3. The van der Waals surface area contributed by atoms with E-state index in [1.54, 1.807) is 0 Å². The number of rotatable bonds is 6. The average Bonchev–Trinajstić information content (AvgIpc) is 2.38. The van der Waals surface area contributed by atoms with Crippen molar-refractivity contribution in [1.29, 1.82) is 0 Å². The Morgan fingerprint density at radius 3 is 2.25 bits per heavy atom. The molecule has 0 saturated heterocycles. The van der Waals surface area contributed by atoms with E-state index in [4.69, 9.17) is 4.43 Å². The third-order valence-corrected chi connectivity index (χ3v) is 10.6. The summed E-state index contributed by atoms with van der Waals surface area (Å²) in [6.07, 6.45) is 6.90. The fourth-order valence-corrected chi connectivity index (χ4v) is 4.18. The predicted molar refractivity (Wildman–Crippen MR) is 96.1 cm³/mol. The third kappa shape index (κ3) is 4.99. The highest BCUT2D eigenvalue weighted by Gasteiger charge is 2.38. The fraction of sp³-hybridized carbons (Fsp3) is 0.882. The van der Waals surface area contributed by atoms with Crippen molar-refractivity contribution in [2.75, 3.05) is 11.9 Å². The van der Waals surface area contributed by atoms with Crippen LogP contribution in [0.2, 0.25) is 18.1 Å². The van der Waals surface area contributed by atoms with Crippen LogP contribution in [0.25, 0.3) is 0 Å². The van der Waals surface area contributed by atoms with E-state index in [0.29, 0.717) is 11.0 Å². The Hall–Kier alpha value is 0.397. The maximum atomic E-state index is 6.49. The van der Waals surface area contributed by atoms with E-state index in [9.17, 15) is 0 Å². The quantitative estimate of drug-likeness (QED) is 0.313. The van der Waals surface area contributed by atoms with Gasteiger partial charge in [-0.05, 0) is 36.9 Å². The van der Waals surface area contributed by atoms with Crippen LogP contribution in [-0.4, -0.2) is 20.3 Å². The molecule has 1 unspecified atom stereocenters. The molecule has 3 heteroatoms. The van der Waals surface area contributed by atoms with E-state index in [1.807, 2.05) is 0 Å². The molecule has 0 aliphatic heterocycles. The van der Waals surface area contributed by atoms with Crippen molar-refractivity contribution in [2.45, 2.75) is 71.0 Å². The molecule has 20 heavy (non-hydrogen) atoms. The fourth-order valence-electron chi connectivity index (χ4n) is 2.74. The van der Waals surface area contributed by atoms with E-state index in [1.165, 1.54) is 37.7 Å². The summed E-state index contributed by atoms with van der Waals surface area (Å²) in [6, 6.07) is 0. The molecule has 0 spiro atoms. The highest BCUT2D eigenvalue weighted by molar-refractivity contribution is 9.09. The van der Waals surface area contributed by atoms with Crippen LogP contribution >= 0.6 is 15.9 Å². The van der Waals surface area contributed by atoms with Crippen LogP contribution in [0.1, 0.15) is 52.9 Å². The molecule has 0 radical (unpaired) electrons. The van der Waals surface area contributed by atoms with Crippen LogP contribution in [0.15, 0.2) is 12.2 Å². The summed E-state index contributed by atoms with van der Waals surface area (Å²) in [7, 11) is -1.65. The number of hydrogen-bond donors (Lipinski definition) is 0. The van der Waals surface area contributed by atoms with Crippen molar-refractivity contribution in [3.05, 3.63) is 12.2 Å². The Labute approximate surface area is 135 Å². The van der Waals surface area contributed by atoms with Crippen LogP contribution in [0, 0.1) is 11.8 Å². The van der Waals surface area contributed by atoms with Gasteiger partial charge in [0.25, 0.3) is 0 Å². The predicted octanol–water partition coefficient (Wildman–Crippen LogP) is 6.16. The topological polar surface area (TPSA) is 9.23 Å². The van der Waals surface area contributed by atoms with Gasteiger partial charge in [0, 0.05) is 17.9 Å². The lowest BCUT2D eigenvalue weighted by Gasteiger charge is -2.39. The van der Waals surface area contributed by atoms with E-state index in [2.05, 4.69) is 56.4 Å². The van der Waals surface area contributed by atoms with Crippen molar-refractivity contribution < 1.29 is 4.43 Å². The Kier molecular flexibility index (Phi) is 7.01. The SMILES string of the molecule is C=C(CBr)C(CO[Si](C)(C)C(C)(C)C)C1CCCCC1. The smallest absolute Gasteiger partial charge is 0.192 e. The Morgan fingerprint density at radius 1 is 1.25 bits per heavy atom. The van der Waals surface area contributed by atoms with E-state index in [-0.39, 0.29) is 0 Å². The highest BCUT2D eigenvalue weighted by Crippen LogP contribution is 2.39. The van der Waals surface area contributed by atoms with E-state index in [0.717, 1.165) is 17.9 Å². The molecule has 0 bridgehead atoms. The van der Waals surface area contributed by atoms with Crippen LogP contribution < -0.4 is 0 Å². The summed E-state index contributed by atoms with van der Waals surface area (Å²) in [5.74, 6) is 1.34. The van der Waals surface area contributed by atoms with Gasteiger partial charge in [-0.3, -0.25) is 0 Å². The first-order valence-corrected chi connectivity index (χ1v) is 12.1. The van der Waals surface area contributed by atoms with Gasteiger partial charge in [-0.2, -0.15) is 0 Å². The van der Waals surface area contributed by atoms with Gasteiger partial charge in [-0.1, -0.05) is 68.1 Å². The van der Waals surface area contributed by atoms with Crippen molar-refractivity contribution in [3.63, 3.8) is 0 Å². The third-order valence-electron chi connectivity index (χ3n) is 5.34. The highest BCUT2D eigenvalue weighted by atomic mass is 79.9. The summed E-state index contributed by atoms with van der Waals surface area (Å²) in [5.41, 5.74) is 1.33. The molecule has 1 rings (SSSR count). The van der Waals surface area contributed by atoms with E-state index >= 15 is 0 Å². The molecule has 0 aromatic heterocycles. The van der Waals surface area contributed by atoms with Gasteiger partial charge in [0.1, 0.15) is 0 Å². The first kappa shape index (κ1) is 18.4. The molecule has 1 fully saturated rings. The molecule has 0 amide bonds. The molecular formula is C17H33BrOSi. The van der Waals surface area contributed by atoms with Gasteiger partial charge in [-0.15, -0.1) is 0 Å². The lowest BCUT2D eigenvalue weighted by Crippen LogP contribution is -2.43. The Balaban J connectivity index is 2.68. The van der Waals surface area contributed by atoms with E-state index < -0.39 is 8.32 Å². The van der Waals surface area contributed by atoms with Crippen molar-refractivity contribution in [1.82, 2.24) is 0 Å². The van der Waals surface area contributed by atoms with Gasteiger partial charge in [0.2, 0.25) is 0 Å². The second-order valence-electron chi connectivity index (χ2n) is 7.87. The normalized spacial score (nSPS) is 19.9. The molecule has 1 aliphatic rings. The van der Waals surface area contributed by atoms with Gasteiger partial charge in [-0.25, -0.2) is 0 Å². The number of halogens is 1. The number of hydrogen-bond acceptors (Lipinski definition) is 1. The first-order chi connectivity index (χ1) is 9.19. The minimum atomic E-state index is -1.65. The summed E-state index contributed by atoms with van der Waals surface area (Å²) < 4.78 is 6.49. The van der Waals surface area contributed by atoms with Gasteiger partial charge >= 0.3 is 0 Å². The van der Waals surface area contributed by atoms with Crippen LogP contribution in [-0.2, 0) is 4.43 Å². The maximum Gasteiger partial charge on any atom is 0.192 e. The monoisotopic (exact) mass is 360 g/mol. The van der Waals surface area contributed by atoms with Crippen LogP contribution in [0.3, 0.4) is 0 Å².